The first-order valence-corrected chi connectivity index (χ1v) is 3.35. The maximum Gasteiger partial charge on any atom is 0.458 e. The van der Waals surface area contributed by atoms with Crippen LogP contribution in [0.4, 0.5) is 5.82 Å². The first-order chi connectivity index (χ1) is 5.79. The van der Waals surface area contributed by atoms with Gasteiger partial charge < -0.3 is 4.74 Å². The van der Waals surface area contributed by atoms with Gasteiger partial charge in [-0.15, -0.1) is 5.10 Å². The number of hydrogen-bond acceptors (Lipinski definition) is 4. The summed E-state index contributed by atoms with van der Waals surface area (Å²) >= 11 is 0. The maximum atomic E-state index is 11.0. The number of H-pyrrole nitrogens is 1. The van der Waals surface area contributed by atoms with Crippen LogP contribution in [-0.2, 0) is 4.74 Å². The number of nitrogens with zero attached hydrogens (tertiary/aromatic N) is 3. The van der Waals surface area contributed by atoms with Crippen molar-refractivity contribution in [2.75, 3.05) is 6.61 Å². The van der Waals surface area contributed by atoms with E-state index in [1.807, 2.05) is 0 Å². The van der Waals surface area contributed by atoms with Gasteiger partial charge in [-0.25, -0.2) is 4.79 Å². The van der Waals surface area contributed by atoms with Gasteiger partial charge in [0.25, 0.3) is 0 Å². The second-order valence-electron chi connectivity index (χ2n) is 1.95. The Balaban J connectivity index is 2.88. The molecule has 1 rings (SSSR count). The van der Waals surface area contributed by atoms with Crippen molar-refractivity contribution in [3.05, 3.63) is 16.7 Å². The molecule has 0 amide bonds. The third kappa shape index (κ3) is 1.40. The van der Waals surface area contributed by atoms with E-state index in [-0.39, 0.29) is 18.0 Å². The third-order valence-corrected chi connectivity index (χ3v) is 1.21. The average molecular weight is 167 g/mol. The van der Waals surface area contributed by atoms with Gasteiger partial charge in [-0.2, -0.15) is 0 Å². The van der Waals surface area contributed by atoms with Crippen molar-refractivity contribution in [3.8, 4) is 0 Å². The molecule has 0 radical (unpaired) electrons. The predicted molar refractivity (Wildman–Crippen MR) is 39.3 cm³/mol. The monoisotopic (exact) mass is 167 g/mol. The van der Waals surface area contributed by atoms with Gasteiger partial charge in [-0.05, 0) is 6.92 Å². The van der Waals surface area contributed by atoms with Crippen LogP contribution in [0.15, 0.2) is 6.20 Å². The van der Waals surface area contributed by atoms with Crippen LogP contribution in [0.25, 0.3) is 4.98 Å². The normalized spacial score (nSPS) is 9.00. The first-order valence-electron chi connectivity index (χ1n) is 3.35. The number of nitrogens with one attached hydrogen (secondary N) is 1. The fourth-order valence-electron chi connectivity index (χ4n) is 0.714. The van der Waals surface area contributed by atoms with Gasteiger partial charge in [0, 0.05) is 4.98 Å². The van der Waals surface area contributed by atoms with Crippen molar-refractivity contribution in [2.24, 2.45) is 0 Å². The Morgan fingerprint density at radius 3 is 3.25 bits per heavy atom. The summed E-state index contributed by atoms with van der Waals surface area (Å²) in [6.07, 6.45) is 1.24. The molecule has 0 aliphatic heterocycles. The van der Waals surface area contributed by atoms with Gasteiger partial charge in [-0.1, -0.05) is 5.10 Å². The Morgan fingerprint density at radius 2 is 2.67 bits per heavy atom. The molecule has 0 bridgehead atoms. The lowest BCUT2D eigenvalue weighted by Crippen LogP contribution is -2.03. The molecule has 1 aromatic heterocycles. The second-order valence-corrected chi connectivity index (χ2v) is 1.95. The number of rotatable bonds is 2. The standard InChI is InChI=1S/C6H6N4O2/c1-2-12-6(11)4-3-8-10-5(4)9-7/h3H,2H2,1H3/p+1. The molecule has 0 fully saturated rings. The SMILES string of the molecule is CCOC(=O)c1cn[nH]c1[N+]#N. The van der Waals surface area contributed by atoms with Gasteiger partial charge >= 0.3 is 11.8 Å². The van der Waals surface area contributed by atoms with E-state index < -0.39 is 5.97 Å². The molecular formula is C6H7N4O2+. The highest BCUT2D eigenvalue weighted by Crippen LogP contribution is 2.14. The summed E-state index contributed by atoms with van der Waals surface area (Å²) in [6.45, 7) is 1.96. The van der Waals surface area contributed by atoms with Crippen LogP contribution in [0, 0.1) is 5.39 Å². The zero-order valence-corrected chi connectivity index (χ0v) is 6.44. The van der Waals surface area contributed by atoms with Crippen LogP contribution in [0.3, 0.4) is 0 Å². The molecule has 0 spiro atoms. The van der Waals surface area contributed by atoms with Crippen LogP contribution in [-0.4, -0.2) is 22.8 Å². The number of hydrogen-bond donors (Lipinski definition) is 1. The van der Waals surface area contributed by atoms with Gasteiger partial charge in [0.1, 0.15) is 0 Å². The zero-order chi connectivity index (χ0) is 8.97. The van der Waals surface area contributed by atoms with Crippen LogP contribution in [0.1, 0.15) is 17.3 Å². The highest BCUT2D eigenvalue weighted by molar-refractivity contribution is 5.94. The van der Waals surface area contributed by atoms with Crippen molar-refractivity contribution < 1.29 is 9.53 Å². The molecule has 1 N–H and O–H groups in total. The highest BCUT2D eigenvalue weighted by atomic mass is 16.5. The topological polar surface area (TPSA) is 83.1 Å². The summed E-state index contributed by atoms with van der Waals surface area (Å²) in [5.41, 5.74) is 0.124. The average Bonchev–Trinajstić information content (AvgIpc) is 2.51. The Bertz CT molecular complexity index is 325. The van der Waals surface area contributed by atoms with Gasteiger partial charge in [0.2, 0.25) is 0 Å². The molecule has 1 heterocycles. The van der Waals surface area contributed by atoms with E-state index in [1.54, 1.807) is 6.92 Å². The Kier molecular flexibility index (Phi) is 2.38. The summed E-state index contributed by atoms with van der Waals surface area (Å²) in [7, 11) is 0. The molecule has 0 unspecified atom stereocenters. The molecular weight excluding hydrogens is 160 g/mol. The van der Waals surface area contributed by atoms with E-state index in [4.69, 9.17) is 5.39 Å². The van der Waals surface area contributed by atoms with E-state index >= 15 is 0 Å². The summed E-state index contributed by atoms with van der Waals surface area (Å²) in [5.74, 6) is -0.549. The fourth-order valence-corrected chi connectivity index (χ4v) is 0.714. The van der Waals surface area contributed by atoms with Crippen LogP contribution >= 0.6 is 0 Å². The van der Waals surface area contributed by atoms with E-state index in [2.05, 4.69) is 19.9 Å². The van der Waals surface area contributed by atoms with Gasteiger partial charge in [0.15, 0.2) is 5.56 Å². The quantitative estimate of drug-likeness (QED) is 0.527. The van der Waals surface area contributed by atoms with Crippen LogP contribution in [0.5, 0.6) is 0 Å². The van der Waals surface area contributed by atoms with Crippen LogP contribution < -0.4 is 0 Å². The summed E-state index contributed by atoms with van der Waals surface area (Å²) in [5, 5.41) is 14.2. The summed E-state index contributed by atoms with van der Waals surface area (Å²) in [4.78, 5) is 13.8. The molecule has 0 saturated heterocycles. The smallest absolute Gasteiger partial charge is 0.458 e. The van der Waals surface area contributed by atoms with Crippen molar-refractivity contribution >= 4 is 11.8 Å². The highest BCUT2D eigenvalue weighted by Gasteiger charge is 2.22. The fraction of sp³-hybridized carbons (Fsp3) is 0.333. The number of carbonyl (C=O) groups is 1. The number of ether oxygens (including phenoxy) is 1. The lowest BCUT2D eigenvalue weighted by Gasteiger charge is -1.93. The zero-order valence-electron chi connectivity index (χ0n) is 6.44. The minimum atomic E-state index is -0.556. The largest absolute Gasteiger partial charge is 0.462 e. The Hall–Kier alpha value is -1.90. The number of diazo groups is 1. The summed E-state index contributed by atoms with van der Waals surface area (Å²) in [6, 6.07) is 0. The molecule has 62 valence electrons. The van der Waals surface area contributed by atoms with Crippen molar-refractivity contribution in [1.82, 2.24) is 10.2 Å². The molecule has 0 aliphatic carbocycles. The van der Waals surface area contributed by atoms with E-state index in [0.29, 0.717) is 0 Å². The third-order valence-electron chi connectivity index (χ3n) is 1.21. The maximum absolute atomic E-state index is 11.0. The van der Waals surface area contributed by atoms with Gasteiger partial charge in [0.05, 0.1) is 18.2 Å². The molecule has 1 aromatic rings. The second kappa shape index (κ2) is 3.48. The lowest BCUT2D eigenvalue weighted by atomic mass is 10.3. The van der Waals surface area contributed by atoms with E-state index in [1.165, 1.54) is 6.20 Å². The number of aromatic amines is 1. The van der Waals surface area contributed by atoms with Crippen LogP contribution in [0.2, 0.25) is 0 Å². The molecule has 12 heavy (non-hydrogen) atoms. The molecule has 0 saturated carbocycles. The Labute approximate surface area is 68.2 Å². The van der Waals surface area contributed by atoms with E-state index in [0.717, 1.165) is 0 Å². The Morgan fingerprint density at radius 1 is 1.92 bits per heavy atom. The number of aromatic nitrogens is 2. The number of carbonyl (C=O) groups excluding carboxylic acids is 1. The molecule has 0 aliphatic rings. The number of esters is 1. The molecule has 6 heteroatoms. The minimum absolute atomic E-state index is 0.00782. The molecule has 0 aromatic carbocycles. The molecule has 0 atom stereocenters. The lowest BCUT2D eigenvalue weighted by molar-refractivity contribution is 0.0528. The minimum Gasteiger partial charge on any atom is -0.462 e. The predicted octanol–water partition coefficient (Wildman–Crippen LogP) is 1.07. The van der Waals surface area contributed by atoms with Gasteiger partial charge in [-0.3, -0.25) is 0 Å². The molecule has 6 nitrogen and oxygen atoms in total. The van der Waals surface area contributed by atoms with E-state index in [9.17, 15) is 4.79 Å². The van der Waals surface area contributed by atoms with Crippen molar-refractivity contribution in [3.63, 3.8) is 0 Å². The summed E-state index contributed by atoms with van der Waals surface area (Å²) < 4.78 is 4.66. The van der Waals surface area contributed by atoms with Crippen molar-refractivity contribution in [1.29, 1.82) is 5.39 Å². The first kappa shape index (κ1) is 8.20. The van der Waals surface area contributed by atoms with Crippen molar-refractivity contribution in [2.45, 2.75) is 6.92 Å².